The Labute approximate surface area is 146 Å². The predicted molar refractivity (Wildman–Crippen MR) is 94.2 cm³/mol. The van der Waals surface area contributed by atoms with Gasteiger partial charge in [-0.2, -0.15) is 0 Å². The van der Waals surface area contributed by atoms with Gasteiger partial charge in [0.25, 0.3) is 0 Å². The summed E-state index contributed by atoms with van der Waals surface area (Å²) in [7, 11) is 1.61. The average molecular weight is 353 g/mol. The molecule has 0 amide bonds. The van der Waals surface area contributed by atoms with Crippen LogP contribution in [0.25, 0.3) is 0 Å². The molecule has 1 atom stereocenters. The number of benzene rings is 2. The highest BCUT2D eigenvalue weighted by Crippen LogP contribution is 2.28. The molecule has 0 spiro atoms. The van der Waals surface area contributed by atoms with Gasteiger partial charge in [-0.25, -0.2) is 4.39 Å². The Morgan fingerprint density at radius 2 is 1.88 bits per heavy atom. The van der Waals surface area contributed by atoms with Crippen LogP contribution in [0.4, 0.5) is 4.39 Å². The van der Waals surface area contributed by atoms with Crippen LogP contribution in [0.2, 0.25) is 5.02 Å². The largest absolute Gasteiger partial charge is 0.497 e. The summed E-state index contributed by atoms with van der Waals surface area (Å²) < 4.78 is 24.7. The molecule has 0 radical (unpaired) electrons. The molecule has 0 fully saturated rings. The van der Waals surface area contributed by atoms with Gasteiger partial charge in [0, 0.05) is 24.7 Å². The second kappa shape index (κ2) is 8.87. The number of rotatable bonds is 8. The van der Waals surface area contributed by atoms with Crippen molar-refractivity contribution >= 4 is 11.6 Å². The molecule has 0 bridgehead atoms. The summed E-state index contributed by atoms with van der Waals surface area (Å²) in [6.07, 6.45) is 0. The number of nitrogens with two attached hydrogens (primary N) is 1. The third-order valence-electron chi connectivity index (χ3n) is 3.70. The normalized spacial score (nSPS) is 12.0. The van der Waals surface area contributed by atoms with Crippen LogP contribution in [0.3, 0.4) is 0 Å². The monoisotopic (exact) mass is 352 g/mol. The molecule has 0 aliphatic rings. The van der Waals surface area contributed by atoms with Gasteiger partial charge in [-0.15, -0.1) is 0 Å². The number of hydrogen-bond donors (Lipinski definition) is 2. The van der Waals surface area contributed by atoms with Gasteiger partial charge in [0.1, 0.15) is 23.9 Å². The van der Waals surface area contributed by atoms with Crippen molar-refractivity contribution in [2.24, 2.45) is 5.73 Å². The fourth-order valence-corrected chi connectivity index (χ4v) is 2.67. The van der Waals surface area contributed by atoms with E-state index < -0.39 is 0 Å². The SMILES string of the molecule is COc1ccc(OCc2c(Cl)cc(F)cc2[C@H](C)NCCN)cc1. The van der Waals surface area contributed by atoms with Gasteiger partial charge in [0.15, 0.2) is 0 Å². The zero-order chi connectivity index (χ0) is 17.5. The molecule has 24 heavy (non-hydrogen) atoms. The quantitative estimate of drug-likeness (QED) is 0.761. The zero-order valence-corrected chi connectivity index (χ0v) is 14.6. The minimum atomic E-state index is -0.371. The first-order chi connectivity index (χ1) is 11.5. The Kier molecular flexibility index (Phi) is 6.85. The van der Waals surface area contributed by atoms with E-state index in [0.29, 0.717) is 23.9 Å². The molecule has 2 aromatic rings. The number of halogens is 2. The fourth-order valence-electron chi connectivity index (χ4n) is 2.40. The number of hydrogen-bond acceptors (Lipinski definition) is 4. The third kappa shape index (κ3) is 4.84. The van der Waals surface area contributed by atoms with E-state index >= 15 is 0 Å². The second-order valence-corrected chi connectivity index (χ2v) is 5.79. The zero-order valence-electron chi connectivity index (χ0n) is 13.8. The van der Waals surface area contributed by atoms with Gasteiger partial charge in [0.05, 0.1) is 12.1 Å². The van der Waals surface area contributed by atoms with E-state index in [1.807, 2.05) is 31.2 Å². The molecule has 0 aromatic heterocycles. The molecule has 0 saturated heterocycles. The molecule has 6 heteroatoms. The first kappa shape index (κ1) is 18.5. The highest BCUT2D eigenvalue weighted by atomic mass is 35.5. The molecule has 0 heterocycles. The van der Waals surface area contributed by atoms with Crippen LogP contribution in [0.5, 0.6) is 11.5 Å². The summed E-state index contributed by atoms with van der Waals surface area (Å²) in [6.45, 7) is 3.33. The lowest BCUT2D eigenvalue weighted by Gasteiger charge is -2.19. The standard InChI is InChI=1S/C18H22ClFN2O2/c1-12(22-8-7-21)16-9-13(20)10-18(19)17(16)11-24-15-5-3-14(23-2)4-6-15/h3-6,9-10,12,22H,7-8,11,21H2,1-2H3/t12-/m0/s1. The summed E-state index contributed by atoms with van der Waals surface area (Å²) in [5, 5.41) is 3.58. The van der Waals surface area contributed by atoms with Gasteiger partial charge in [-0.05, 0) is 48.9 Å². The van der Waals surface area contributed by atoms with Crippen molar-refractivity contribution in [2.45, 2.75) is 19.6 Å². The van der Waals surface area contributed by atoms with Gasteiger partial charge in [-0.3, -0.25) is 0 Å². The lowest BCUT2D eigenvalue weighted by atomic mass is 10.0. The Bertz CT molecular complexity index is 665. The molecule has 0 aliphatic carbocycles. The summed E-state index contributed by atoms with van der Waals surface area (Å²) in [6, 6.07) is 9.94. The minimum Gasteiger partial charge on any atom is -0.497 e. The smallest absolute Gasteiger partial charge is 0.125 e. The Balaban J connectivity index is 2.18. The van der Waals surface area contributed by atoms with Crippen LogP contribution in [0.1, 0.15) is 24.1 Å². The van der Waals surface area contributed by atoms with E-state index in [0.717, 1.165) is 16.9 Å². The Morgan fingerprint density at radius 3 is 2.50 bits per heavy atom. The van der Waals surface area contributed by atoms with E-state index in [9.17, 15) is 4.39 Å². The predicted octanol–water partition coefficient (Wildman–Crippen LogP) is 3.68. The maximum absolute atomic E-state index is 13.7. The molecule has 3 N–H and O–H groups in total. The highest BCUT2D eigenvalue weighted by Gasteiger charge is 2.16. The maximum Gasteiger partial charge on any atom is 0.125 e. The van der Waals surface area contributed by atoms with Crippen molar-refractivity contribution in [3.05, 3.63) is 58.4 Å². The number of methoxy groups -OCH3 is 1. The molecule has 4 nitrogen and oxygen atoms in total. The van der Waals surface area contributed by atoms with Gasteiger partial charge in [0.2, 0.25) is 0 Å². The van der Waals surface area contributed by atoms with Crippen LogP contribution >= 0.6 is 11.6 Å². The van der Waals surface area contributed by atoms with Gasteiger partial charge >= 0.3 is 0 Å². The second-order valence-electron chi connectivity index (χ2n) is 5.38. The van der Waals surface area contributed by atoms with Crippen LogP contribution in [-0.2, 0) is 6.61 Å². The Morgan fingerprint density at radius 1 is 1.21 bits per heavy atom. The Hall–Kier alpha value is -1.82. The van der Waals surface area contributed by atoms with Gasteiger partial charge < -0.3 is 20.5 Å². The van der Waals surface area contributed by atoms with Crippen molar-refractivity contribution in [3.63, 3.8) is 0 Å². The van der Waals surface area contributed by atoms with Crippen molar-refractivity contribution in [2.75, 3.05) is 20.2 Å². The molecule has 2 rings (SSSR count). The van der Waals surface area contributed by atoms with Crippen LogP contribution < -0.4 is 20.5 Å². The summed E-state index contributed by atoms with van der Waals surface area (Å²) in [5.41, 5.74) is 7.03. The molecule has 0 saturated carbocycles. The lowest BCUT2D eigenvalue weighted by Crippen LogP contribution is -2.26. The summed E-state index contributed by atoms with van der Waals surface area (Å²) in [4.78, 5) is 0. The maximum atomic E-state index is 13.7. The summed E-state index contributed by atoms with van der Waals surface area (Å²) >= 11 is 6.23. The molecule has 0 unspecified atom stereocenters. The van der Waals surface area contributed by atoms with Crippen LogP contribution in [-0.4, -0.2) is 20.2 Å². The van der Waals surface area contributed by atoms with E-state index in [1.54, 1.807) is 7.11 Å². The van der Waals surface area contributed by atoms with E-state index in [2.05, 4.69) is 5.32 Å². The van der Waals surface area contributed by atoms with Crippen molar-refractivity contribution in [1.82, 2.24) is 5.32 Å². The van der Waals surface area contributed by atoms with E-state index in [1.165, 1.54) is 12.1 Å². The molecule has 0 aliphatic heterocycles. The minimum absolute atomic E-state index is 0.0868. The molecule has 130 valence electrons. The van der Waals surface area contributed by atoms with E-state index in [-0.39, 0.29) is 18.5 Å². The molecular formula is C18H22ClFN2O2. The van der Waals surface area contributed by atoms with Gasteiger partial charge in [-0.1, -0.05) is 11.6 Å². The van der Waals surface area contributed by atoms with E-state index in [4.69, 9.17) is 26.8 Å². The number of ether oxygens (including phenoxy) is 2. The van der Waals surface area contributed by atoms with Crippen molar-refractivity contribution < 1.29 is 13.9 Å². The lowest BCUT2D eigenvalue weighted by molar-refractivity contribution is 0.303. The van der Waals surface area contributed by atoms with Crippen LogP contribution in [0, 0.1) is 5.82 Å². The highest BCUT2D eigenvalue weighted by molar-refractivity contribution is 6.31. The topological polar surface area (TPSA) is 56.5 Å². The molecular weight excluding hydrogens is 331 g/mol. The van der Waals surface area contributed by atoms with Crippen molar-refractivity contribution in [1.29, 1.82) is 0 Å². The average Bonchev–Trinajstić information content (AvgIpc) is 2.58. The number of nitrogens with one attached hydrogen (secondary N) is 1. The van der Waals surface area contributed by atoms with Crippen molar-refractivity contribution in [3.8, 4) is 11.5 Å². The first-order valence-corrected chi connectivity index (χ1v) is 8.11. The first-order valence-electron chi connectivity index (χ1n) is 7.73. The third-order valence-corrected chi connectivity index (χ3v) is 4.04. The molecule has 2 aromatic carbocycles. The summed E-state index contributed by atoms with van der Waals surface area (Å²) in [5.74, 6) is 1.07. The van der Waals surface area contributed by atoms with Crippen LogP contribution in [0.15, 0.2) is 36.4 Å². The fraction of sp³-hybridized carbons (Fsp3) is 0.333.